The Morgan fingerprint density at radius 1 is 0.679 bits per heavy atom. The number of hydrogen-bond donors (Lipinski definition) is 5. The van der Waals surface area contributed by atoms with Gasteiger partial charge >= 0.3 is 25.7 Å². The molecule has 0 fully saturated rings. The SMILES string of the molecule is CC/C=C\C[C@@H](O)/C=C/C=C\C/C=C\C=C\[C@@H](O)/C=C\CCCC(=O)OC[C@H](COP(=O)(O)OC[C@H](N)C(=O)O)OC(=O)CCCCCCCCCCCCC. The van der Waals surface area contributed by atoms with Crippen LogP contribution >= 0.6 is 7.82 Å². The molecule has 0 aliphatic heterocycles. The molecule has 320 valence electrons. The molecular weight excluding hydrogens is 741 g/mol. The third kappa shape index (κ3) is 35.3. The van der Waals surface area contributed by atoms with Gasteiger partial charge < -0.3 is 35.4 Å². The van der Waals surface area contributed by atoms with Gasteiger partial charge in [-0.05, 0) is 38.5 Å². The molecule has 0 aliphatic rings. The van der Waals surface area contributed by atoms with Gasteiger partial charge in [0.05, 0.1) is 25.4 Å². The van der Waals surface area contributed by atoms with E-state index in [0.29, 0.717) is 32.1 Å². The molecule has 0 radical (unpaired) electrons. The van der Waals surface area contributed by atoms with Crippen LogP contribution in [0.2, 0.25) is 0 Å². The summed E-state index contributed by atoms with van der Waals surface area (Å²) in [5.74, 6) is -2.60. The van der Waals surface area contributed by atoms with Crippen molar-refractivity contribution in [2.45, 2.75) is 154 Å². The maximum absolute atomic E-state index is 12.6. The predicted octanol–water partition coefficient (Wildman–Crippen LogP) is 8.11. The smallest absolute Gasteiger partial charge is 0.472 e. The lowest BCUT2D eigenvalue weighted by Gasteiger charge is -2.20. The van der Waals surface area contributed by atoms with E-state index in [-0.39, 0.29) is 12.8 Å². The first kappa shape index (κ1) is 52.8. The van der Waals surface area contributed by atoms with Crippen molar-refractivity contribution in [1.82, 2.24) is 0 Å². The van der Waals surface area contributed by atoms with Crippen molar-refractivity contribution in [2.75, 3.05) is 19.8 Å². The molecule has 13 nitrogen and oxygen atoms in total. The molecule has 0 aliphatic carbocycles. The summed E-state index contributed by atoms with van der Waals surface area (Å²) in [5, 5.41) is 28.8. The van der Waals surface area contributed by atoms with Crippen molar-refractivity contribution in [1.29, 1.82) is 0 Å². The summed E-state index contributed by atoms with van der Waals surface area (Å²) >= 11 is 0. The molecule has 0 bridgehead atoms. The highest BCUT2D eigenvalue weighted by Gasteiger charge is 2.28. The van der Waals surface area contributed by atoms with Gasteiger partial charge in [-0.25, -0.2) is 4.57 Å². The molecule has 0 spiro atoms. The van der Waals surface area contributed by atoms with Crippen LogP contribution in [0.5, 0.6) is 0 Å². The lowest BCUT2D eigenvalue weighted by molar-refractivity contribution is -0.161. The molecule has 0 amide bonds. The highest BCUT2D eigenvalue weighted by atomic mass is 31.2. The summed E-state index contributed by atoms with van der Waals surface area (Å²) in [7, 11) is -4.76. The molecule has 0 saturated carbocycles. The number of carboxylic acids is 1. The number of aliphatic hydroxyl groups excluding tert-OH is 2. The number of carbonyl (C=O) groups is 3. The minimum absolute atomic E-state index is 0.0333. The number of aliphatic carboxylic acids is 1. The predicted molar refractivity (Wildman–Crippen MR) is 219 cm³/mol. The van der Waals surface area contributed by atoms with E-state index in [2.05, 4.69) is 11.4 Å². The second kappa shape index (κ2) is 36.2. The molecule has 5 atom stereocenters. The molecule has 0 saturated heterocycles. The van der Waals surface area contributed by atoms with Gasteiger partial charge in [0.25, 0.3) is 0 Å². The number of carboxylic acid groups (broad SMARTS) is 1. The summed E-state index contributed by atoms with van der Waals surface area (Å²) in [6.07, 6.45) is 34.8. The number of hydrogen-bond acceptors (Lipinski definition) is 11. The lowest BCUT2D eigenvalue weighted by atomic mass is 10.1. The van der Waals surface area contributed by atoms with Crippen LogP contribution in [0, 0.1) is 0 Å². The summed E-state index contributed by atoms with van der Waals surface area (Å²) in [6, 6.07) is -1.55. The largest absolute Gasteiger partial charge is 0.480 e. The maximum atomic E-state index is 12.6. The van der Waals surface area contributed by atoms with Crippen LogP contribution in [0.4, 0.5) is 0 Å². The molecule has 0 aromatic heterocycles. The summed E-state index contributed by atoms with van der Waals surface area (Å²) < 4.78 is 32.4. The van der Waals surface area contributed by atoms with Crippen LogP contribution in [0.25, 0.3) is 0 Å². The van der Waals surface area contributed by atoms with E-state index in [9.17, 15) is 34.1 Å². The van der Waals surface area contributed by atoms with Crippen molar-refractivity contribution >= 4 is 25.7 Å². The minimum atomic E-state index is -4.76. The second-order valence-electron chi connectivity index (χ2n) is 13.4. The zero-order valence-corrected chi connectivity index (χ0v) is 34.6. The number of rotatable bonds is 36. The Bertz CT molecular complexity index is 1260. The van der Waals surface area contributed by atoms with Crippen molar-refractivity contribution in [3.8, 4) is 0 Å². The van der Waals surface area contributed by atoms with E-state index in [1.54, 1.807) is 30.4 Å². The van der Waals surface area contributed by atoms with Crippen LogP contribution in [-0.4, -0.2) is 82.3 Å². The zero-order valence-electron chi connectivity index (χ0n) is 33.7. The van der Waals surface area contributed by atoms with Gasteiger partial charge in [0, 0.05) is 12.8 Å². The van der Waals surface area contributed by atoms with Gasteiger partial charge in [-0.1, -0.05) is 151 Å². The van der Waals surface area contributed by atoms with E-state index < -0.39 is 69.9 Å². The number of esters is 2. The number of phosphoric ester groups is 1. The second-order valence-corrected chi connectivity index (χ2v) is 14.9. The van der Waals surface area contributed by atoms with E-state index in [0.717, 1.165) is 25.7 Å². The molecule has 6 N–H and O–H groups in total. The molecule has 0 heterocycles. The third-order valence-electron chi connectivity index (χ3n) is 8.14. The fourth-order valence-corrected chi connectivity index (χ4v) is 5.70. The van der Waals surface area contributed by atoms with Crippen LogP contribution in [-0.2, 0) is 37.5 Å². The first-order valence-corrected chi connectivity index (χ1v) is 21.7. The topological polar surface area (TPSA) is 212 Å². The van der Waals surface area contributed by atoms with E-state index in [1.807, 2.05) is 49.5 Å². The monoisotopic (exact) mass is 811 g/mol. The number of carbonyl (C=O) groups excluding carboxylic acids is 2. The van der Waals surface area contributed by atoms with Gasteiger partial charge in [-0.3, -0.25) is 23.4 Å². The van der Waals surface area contributed by atoms with Gasteiger partial charge in [-0.15, -0.1) is 0 Å². The molecule has 0 rings (SSSR count). The van der Waals surface area contributed by atoms with Gasteiger partial charge in [0.2, 0.25) is 0 Å². The van der Waals surface area contributed by atoms with Crippen molar-refractivity contribution in [3.05, 3.63) is 72.9 Å². The normalized spacial score (nSPS) is 15.7. The standard InChI is InChI=1S/C42H70NO12P/c1-3-5-7-8-9-10-11-12-16-19-25-32-41(47)55-38(34-53-56(50,51)54-35-39(43)42(48)49)33-52-40(46)31-26-20-24-30-37(45)29-23-18-15-13-14-17-22-28-36(44)27-21-6-4-2/h6,14-15,17-18,21-24,28-30,36-39,44-45H,3-5,7-13,16,19-20,25-27,31-35,43H2,1-2H3,(H,48,49)(H,50,51)/b17-14-,18-15-,21-6-,28-22+,29-23+,30-24-/t36-,37-,38-,39+/m1/s1. The number of phosphoric acid groups is 1. The van der Waals surface area contributed by atoms with Crippen LogP contribution < -0.4 is 5.73 Å². The highest BCUT2D eigenvalue weighted by Crippen LogP contribution is 2.43. The fourth-order valence-electron chi connectivity index (χ4n) is 4.92. The Morgan fingerprint density at radius 3 is 1.89 bits per heavy atom. The fraction of sp³-hybridized carbons (Fsp3) is 0.643. The lowest BCUT2D eigenvalue weighted by Crippen LogP contribution is -2.34. The van der Waals surface area contributed by atoms with Gasteiger partial charge in [0.1, 0.15) is 12.6 Å². The first-order valence-electron chi connectivity index (χ1n) is 20.2. The average molecular weight is 812 g/mol. The van der Waals surface area contributed by atoms with E-state index in [4.69, 9.17) is 24.8 Å². The molecule has 1 unspecified atom stereocenters. The maximum Gasteiger partial charge on any atom is 0.472 e. The Balaban J connectivity index is 4.65. The summed E-state index contributed by atoms with van der Waals surface area (Å²) in [6.45, 7) is 2.38. The summed E-state index contributed by atoms with van der Waals surface area (Å²) in [4.78, 5) is 45.8. The average Bonchev–Trinajstić information content (AvgIpc) is 3.16. The Labute approximate surface area is 335 Å². The van der Waals surface area contributed by atoms with Gasteiger partial charge in [-0.2, -0.15) is 0 Å². The quantitative estimate of drug-likeness (QED) is 0.0133. The number of nitrogens with two attached hydrogens (primary N) is 1. The Kier molecular flexibility index (Phi) is 34.2. The van der Waals surface area contributed by atoms with E-state index in [1.165, 1.54) is 44.9 Å². The number of aliphatic hydroxyl groups is 2. The zero-order chi connectivity index (χ0) is 41.7. The number of allylic oxidation sites excluding steroid dienone is 8. The number of unbranched alkanes of at least 4 members (excludes halogenated alkanes) is 11. The van der Waals surface area contributed by atoms with Crippen LogP contribution in [0.3, 0.4) is 0 Å². The molecule has 0 aromatic carbocycles. The first-order chi connectivity index (χ1) is 26.9. The molecule has 56 heavy (non-hydrogen) atoms. The molecular formula is C42H70NO12P. The van der Waals surface area contributed by atoms with Crippen LogP contribution in [0.15, 0.2) is 72.9 Å². The Hall–Kier alpha value is -3.16. The van der Waals surface area contributed by atoms with Crippen molar-refractivity contribution < 1.29 is 57.7 Å². The third-order valence-corrected chi connectivity index (χ3v) is 9.09. The van der Waals surface area contributed by atoms with Crippen LogP contribution in [0.1, 0.15) is 129 Å². The highest BCUT2D eigenvalue weighted by molar-refractivity contribution is 7.47. The Morgan fingerprint density at radius 2 is 1.27 bits per heavy atom. The molecule has 0 aromatic rings. The van der Waals surface area contributed by atoms with Crippen molar-refractivity contribution in [3.63, 3.8) is 0 Å². The van der Waals surface area contributed by atoms with Crippen molar-refractivity contribution in [2.24, 2.45) is 5.73 Å². The number of ether oxygens (including phenoxy) is 2. The summed E-state index contributed by atoms with van der Waals surface area (Å²) in [5.41, 5.74) is 5.31. The molecule has 14 heteroatoms. The van der Waals surface area contributed by atoms with Gasteiger partial charge in [0.15, 0.2) is 6.10 Å². The minimum Gasteiger partial charge on any atom is -0.480 e. The van der Waals surface area contributed by atoms with E-state index >= 15 is 0 Å².